The van der Waals surface area contributed by atoms with Crippen molar-refractivity contribution in [3.8, 4) is 0 Å². The molecule has 38 heavy (non-hydrogen) atoms. The van der Waals surface area contributed by atoms with Crippen LogP contribution in [0, 0.1) is 0 Å². The first-order valence-corrected chi connectivity index (χ1v) is 14.4. The van der Waals surface area contributed by atoms with Crippen molar-refractivity contribution in [3.63, 3.8) is 0 Å². The largest absolute Gasteiger partial charge is 0.244 e. The summed E-state index contributed by atoms with van der Waals surface area (Å²) in [6.07, 6.45) is 6.87. The zero-order valence-electron chi connectivity index (χ0n) is 25.1. The van der Waals surface area contributed by atoms with Crippen molar-refractivity contribution in [2.45, 2.75) is 92.2 Å². The minimum absolute atomic E-state index is 0.0530. The lowest BCUT2D eigenvalue weighted by Gasteiger charge is -2.23. The highest BCUT2D eigenvalue weighted by molar-refractivity contribution is 6.37. The monoisotopic (exact) mass is 508 g/mol. The quantitative estimate of drug-likeness (QED) is 0.173. The number of aryl methyl sites for hydroxylation is 4. The maximum atomic E-state index is 2.50. The van der Waals surface area contributed by atoms with Gasteiger partial charge in [0, 0.05) is 32.3 Å². The fourth-order valence-corrected chi connectivity index (χ4v) is 6.71. The van der Waals surface area contributed by atoms with Crippen molar-refractivity contribution in [3.05, 3.63) is 48.0 Å². The molecule has 0 fully saturated rings. The summed E-state index contributed by atoms with van der Waals surface area (Å²) in [7, 11) is 4.46. The van der Waals surface area contributed by atoms with Crippen LogP contribution in [0.3, 0.4) is 0 Å². The number of benzene rings is 4. The van der Waals surface area contributed by atoms with Crippen LogP contribution in [-0.4, -0.2) is 9.13 Å². The van der Waals surface area contributed by atoms with Crippen LogP contribution in [0.15, 0.2) is 36.9 Å². The predicted octanol–water partition coefficient (Wildman–Crippen LogP) is 7.56. The van der Waals surface area contributed by atoms with Crippen molar-refractivity contribution in [1.29, 1.82) is 0 Å². The van der Waals surface area contributed by atoms with Gasteiger partial charge in [-0.05, 0) is 59.1 Å². The number of rotatable bonds is 4. The first-order valence-electron chi connectivity index (χ1n) is 14.4. The number of hydrogen-bond donors (Lipinski definition) is 0. The predicted molar refractivity (Wildman–Crippen MR) is 161 cm³/mol. The van der Waals surface area contributed by atoms with E-state index in [0.717, 1.165) is 25.9 Å². The molecule has 0 saturated carbocycles. The minimum Gasteiger partial charge on any atom is -0.232 e. The summed E-state index contributed by atoms with van der Waals surface area (Å²) in [4.78, 5) is 0. The van der Waals surface area contributed by atoms with E-state index in [0.29, 0.717) is 0 Å². The van der Waals surface area contributed by atoms with E-state index in [9.17, 15) is 0 Å². The van der Waals surface area contributed by atoms with Crippen LogP contribution in [-0.2, 0) is 38.0 Å². The van der Waals surface area contributed by atoms with Crippen LogP contribution in [0.25, 0.3) is 54.4 Å². The standard InChI is InChI=1S/C34H44N4/c1-11-13-37-19-35(9)29-23-15-22(34(6,7)8)18-26-28(23)27-24(30-32(26)38(14-12-2)20-36(30)10)16-21(33(3,4)5)17-25(27)31(29)37/h15-20H,11-14H2,1-10H3/q+2. The second-order valence-corrected chi connectivity index (χ2v) is 13.6. The summed E-state index contributed by atoms with van der Waals surface area (Å²) in [5.41, 5.74) is 8.36. The lowest BCUT2D eigenvalue weighted by molar-refractivity contribution is -0.645. The second kappa shape index (κ2) is 8.18. The Morgan fingerprint density at radius 2 is 0.921 bits per heavy atom. The third kappa shape index (κ3) is 3.41. The third-order valence-electron chi connectivity index (χ3n) is 8.56. The van der Waals surface area contributed by atoms with Gasteiger partial charge >= 0.3 is 0 Å². The van der Waals surface area contributed by atoms with Crippen molar-refractivity contribution in [2.24, 2.45) is 14.1 Å². The summed E-state index contributed by atoms with van der Waals surface area (Å²) in [5, 5.41) is 8.39. The van der Waals surface area contributed by atoms with Gasteiger partial charge in [-0.15, -0.1) is 0 Å². The normalized spacial score (nSPS) is 13.4. The average molecular weight is 509 g/mol. The Hall–Kier alpha value is -3.14. The van der Waals surface area contributed by atoms with E-state index in [-0.39, 0.29) is 10.8 Å². The van der Waals surface area contributed by atoms with E-state index in [2.05, 4.69) is 125 Å². The van der Waals surface area contributed by atoms with Gasteiger partial charge in [-0.2, -0.15) is 0 Å². The van der Waals surface area contributed by atoms with Gasteiger partial charge in [0.05, 0.1) is 27.2 Å². The Morgan fingerprint density at radius 3 is 1.24 bits per heavy atom. The molecular weight excluding hydrogens is 464 g/mol. The Bertz CT molecular complexity index is 1730. The van der Waals surface area contributed by atoms with Crippen LogP contribution in [0.1, 0.15) is 79.4 Å². The van der Waals surface area contributed by atoms with Gasteiger partial charge in [-0.3, -0.25) is 0 Å². The van der Waals surface area contributed by atoms with E-state index < -0.39 is 0 Å². The van der Waals surface area contributed by atoms with Crippen molar-refractivity contribution >= 4 is 54.4 Å². The lowest BCUT2D eigenvalue weighted by atomic mass is 9.80. The molecule has 0 aliphatic rings. The molecule has 0 aliphatic carbocycles. The fraction of sp³-hybridized carbons (Fsp3) is 0.471. The van der Waals surface area contributed by atoms with Gasteiger partial charge in [0.25, 0.3) is 0 Å². The molecule has 4 heteroatoms. The highest BCUT2D eigenvalue weighted by atomic mass is 15.1. The minimum atomic E-state index is 0.0530. The molecule has 2 aromatic heterocycles. The van der Waals surface area contributed by atoms with E-state index in [1.54, 1.807) is 0 Å². The fourth-order valence-electron chi connectivity index (χ4n) is 6.71. The van der Waals surface area contributed by atoms with E-state index in [1.165, 1.54) is 65.5 Å². The van der Waals surface area contributed by atoms with Crippen LogP contribution in [0.4, 0.5) is 0 Å². The van der Waals surface area contributed by atoms with Crippen LogP contribution in [0.2, 0.25) is 0 Å². The summed E-state index contributed by atoms with van der Waals surface area (Å²) < 4.78 is 9.75. The molecule has 4 nitrogen and oxygen atoms in total. The Kier molecular flexibility index (Phi) is 5.41. The van der Waals surface area contributed by atoms with Crippen molar-refractivity contribution in [2.75, 3.05) is 0 Å². The van der Waals surface area contributed by atoms with Crippen LogP contribution >= 0.6 is 0 Å². The molecule has 0 N–H and O–H groups in total. The molecule has 0 aliphatic heterocycles. The van der Waals surface area contributed by atoms with Gasteiger partial charge < -0.3 is 0 Å². The van der Waals surface area contributed by atoms with Crippen molar-refractivity contribution in [1.82, 2.24) is 9.13 Å². The highest BCUT2D eigenvalue weighted by Gasteiger charge is 2.31. The zero-order valence-corrected chi connectivity index (χ0v) is 25.1. The number of fused-ring (bicyclic) bond motifs is 6. The topological polar surface area (TPSA) is 17.6 Å². The summed E-state index contributed by atoms with van der Waals surface area (Å²) in [6, 6.07) is 10.00. The molecule has 4 aromatic carbocycles. The molecule has 198 valence electrons. The van der Waals surface area contributed by atoms with Gasteiger partial charge in [-0.1, -0.05) is 55.4 Å². The molecule has 0 amide bonds. The Balaban J connectivity index is 2.03. The lowest BCUT2D eigenvalue weighted by Crippen LogP contribution is -2.26. The molecule has 6 rings (SSSR count). The number of imidazole rings is 2. The van der Waals surface area contributed by atoms with Gasteiger partial charge in [0.2, 0.25) is 12.7 Å². The number of nitrogens with zero attached hydrogens (tertiary/aromatic N) is 4. The molecular formula is C34H44N4+2. The third-order valence-corrected chi connectivity index (χ3v) is 8.56. The van der Waals surface area contributed by atoms with E-state index in [1.807, 2.05) is 0 Å². The van der Waals surface area contributed by atoms with Gasteiger partial charge in [-0.25, -0.2) is 18.3 Å². The SMILES string of the molecule is CCCn1c[n+](C)c2c3cc(C(C)(C)C)cc4c3c3c(cc(C(C)(C)C)cc3c3c4n(CCC)c[n+]3C)c21. The van der Waals surface area contributed by atoms with Gasteiger partial charge in [0.1, 0.15) is 0 Å². The smallest absolute Gasteiger partial charge is 0.232 e. The maximum absolute atomic E-state index is 2.50. The van der Waals surface area contributed by atoms with Crippen LogP contribution in [0.5, 0.6) is 0 Å². The summed E-state index contributed by atoms with van der Waals surface area (Å²) in [6.45, 7) is 20.7. The Morgan fingerprint density at radius 1 is 0.579 bits per heavy atom. The molecule has 0 unspecified atom stereocenters. The molecule has 0 radical (unpaired) electrons. The van der Waals surface area contributed by atoms with Crippen LogP contribution < -0.4 is 9.13 Å². The molecule has 6 aromatic rings. The molecule has 2 heterocycles. The highest BCUT2D eigenvalue weighted by Crippen LogP contribution is 2.46. The van der Waals surface area contributed by atoms with Crippen molar-refractivity contribution < 1.29 is 9.13 Å². The number of hydrogen-bond acceptors (Lipinski definition) is 0. The first-order chi connectivity index (χ1) is 17.9. The molecule has 0 atom stereocenters. The maximum Gasteiger partial charge on any atom is 0.244 e. The average Bonchev–Trinajstić information content (AvgIpc) is 3.34. The zero-order chi connectivity index (χ0) is 27.3. The first kappa shape index (κ1) is 25.2. The van der Waals surface area contributed by atoms with E-state index >= 15 is 0 Å². The number of aromatic nitrogens is 4. The van der Waals surface area contributed by atoms with Gasteiger partial charge in [0.15, 0.2) is 22.1 Å². The summed E-state index contributed by atoms with van der Waals surface area (Å²) >= 11 is 0. The second-order valence-electron chi connectivity index (χ2n) is 13.6. The van der Waals surface area contributed by atoms with E-state index in [4.69, 9.17) is 0 Å². The molecule has 0 saturated heterocycles. The summed E-state index contributed by atoms with van der Waals surface area (Å²) in [5.74, 6) is 0. The Labute approximate surface area is 226 Å². The molecule has 0 bridgehead atoms. The molecule has 0 spiro atoms.